The first kappa shape index (κ1) is 16.1. The van der Waals surface area contributed by atoms with Crippen LogP contribution in [0.2, 0.25) is 0 Å². The van der Waals surface area contributed by atoms with E-state index in [9.17, 15) is 18.0 Å². The van der Waals surface area contributed by atoms with Gasteiger partial charge in [-0.1, -0.05) is 12.1 Å². The van der Waals surface area contributed by atoms with Crippen LogP contribution < -0.4 is 4.72 Å². The molecule has 20 heavy (non-hydrogen) atoms. The number of hydrogen-bond acceptors (Lipinski definition) is 4. The molecule has 0 atom stereocenters. The molecule has 0 aromatic heterocycles. The number of hydrogen-bond donors (Lipinski definition) is 2. The number of likely N-dealkylation sites (N-methyl/N-ethyl adjacent to an activating group) is 1. The summed E-state index contributed by atoms with van der Waals surface area (Å²) in [6, 6.07) is 5.47. The highest BCUT2D eigenvalue weighted by Gasteiger charge is 2.16. The molecule has 0 fully saturated rings. The van der Waals surface area contributed by atoms with Crippen LogP contribution in [0.5, 0.6) is 0 Å². The van der Waals surface area contributed by atoms with Gasteiger partial charge in [-0.3, -0.25) is 9.59 Å². The molecule has 1 aromatic rings. The molecule has 0 saturated carbocycles. The molecule has 0 aliphatic carbocycles. The molecular weight excluding hydrogens is 284 g/mol. The van der Waals surface area contributed by atoms with Gasteiger partial charge in [0.05, 0.1) is 17.9 Å². The zero-order chi connectivity index (χ0) is 15.3. The second kappa shape index (κ2) is 6.49. The highest BCUT2D eigenvalue weighted by atomic mass is 32.2. The van der Waals surface area contributed by atoms with Crippen molar-refractivity contribution in [3.05, 3.63) is 29.8 Å². The summed E-state index contributed by atoms with van der Waals surface area (Å²) in [5, 5.41) is 8.62. The third-order valence-corrected chi connectivity index (χ3v) is 3.92. The SMILES string of the molecule is CN(C)C(=O)CNS(=O)(=O)c1ccc(CC(=O)O)cc1. The number of rotatable bonds is 6. The molecule has 0 spiro atoms. The second-order valence-corrected chi connectivity index (χ2v) is 6.09. The molecule has 0 saturated heterocycles. The first-order chi connectivity index (χ1) is 9.22. The zero-order valence-electron chi connectivity index (χ0n) is 11.2. The van der Waals surface area contributed by atoms with E-state index < -0.39 is 16.0 Å². The molecule has 0 aliphatic heterocycles. The molecule has 0 bridgehead atoms. The highest BCUT2D eigenvalue weighted by molar-refractivity contribution is 7.89. The average Bonchev–Trinajstić information content (AvgIpc) is 2.35. The van der Waals surface area contributed by atoms with Crippen molar-refractivity contribution in [3.8, 4) is 0 Å². The number of nitrogens with zero attached hydrogens (tertiary/aromatic N) is 1. The van der Waals surface area contributed by atoms with Gasteiger partial charge in [0.15, 0.2) is 0 Å². The second-order valence-electron chi connectivity index (χ2n) is 4.33. The molecule has 110 valence electrons. The molecule has 1 rings (SSSR count). The van der Waals surface area contributed by atoms with Gasteiger partial charge in [-0.15, -0.1) is 0 Å². The summed E-state index contributed by atoms with van der Waals surface area (Å²) in [5.74, 6) is -1.36. The number of carbonyl (C=O) groups is 2. The van der Waals surface area contributed by atoms with E-state index in [4.69, 9.17) is 5.11 Å². The Balaban J connectivity index is 2.77. The highest BCUT2D eigenvalue weighted by Crippen LogP contribution is 2.10. The van der Waals surface area contributed by atoms with E-state index in [0.717, 1.165) is 0 Å². The van der Waals surface area contributed by atoms with E-state index >= 15 is 0 Å². The number of sulfonamides is 1. The first-order valence-corrected chi connectivity index (χ1v) is 7.21. The van der Waals surface area contributed by atoms with E-state index in [1.54, 1.807) is 0 Å². The minimum absolute atomic E-state index is 0.0156. The molecule has 8 heteroatoms. The molecule has 0 radical (unpaired) electrons. The molecule has 1 aromatic carbocycles. The van der Waals surface area contributed by atoms with Gasteiger partial charge in [0, 0.05) is 14.1 Å². The lowest BCUT2D eigenvalue weighted by Crippen LogP contribution is -2.36. The van der Waals surface area contributed by atoms with Crippen LogP contribution in [0.25, 0.3) is 0 Å². The average molecular weight is 300 g/mol. The molecule has 7 nitrogen and oxygen atoms in total. The number of carboxylic acids is 1. The van der Waals surface area contributed by atoms with Crippen molar-refractivity contribution in [1.29, 1.82) is 0 Å². The van der Waals surface area contributed by atoms with Crippen LogP contribution in [0.4, 0.5) is 0 Å². The van der Waals surface area contributed by atoms with E-state index in [0.29, 0.717) is 5.56 Å². The monoisotopic (exact) mass is 300 g/mol. The third kappa shape index (κ3) is 4.63. The van der Waals surface area contributed by atoms with Crippen LogP contribution >= 0.6 is 0 Å². The van der Waals surface area contributed by atoms with E-state index in [2.05, 4.69) is 4.72 Å². The predicted octanol–water partition coefficient (Wildman–Crippen LogP) is -0.320. The van der Waals surface area contributed by atoms with Gasteiger partial charge in [-0.2, -0.15) is 0 Å². The minimum Gasteiger partial charge on any atom is -0.481 e. The normalized spacial score (nSPS) is 11.1. The Labute approximate surface area is 117 Å². The van der Waals surface area contributed by atoms with Crippen molar-refractivity contribution < 1.29 is 23.1 Å². The fraction of sp³-hybridized carbons (Fsp3) is 0.333. The summed E-state index contributed by atoms with van der Waals surface area (Å²) < 4.78 is 26.0. The van der Waals surface area contributed by atoms with E-state index in [1.165, 1.54) is 43.3 Å². The lowest BCUT2D eigenvalue weighted by Gasteiger charge is -2.11. The largest absolute Gasteiger partial charge is 0.481 e. The number of benzene rings is 1. The maximum Gasteiger partial charge on any atom is 0.307 e. The Morgan fingerprint density at radius 2 is 1.75 bits per heavy atom. The lowest BCUT2D eigenvalue weighted by molar-refractivity contribution is -0.136. The van der Waals surface area contributed by atoms with Crippen molar-refractivity contribution in [2.75, 3.05) is 20.6 Å². The topological polar surface area (TPSA) is 104 Å². The van der Waals surface area contributed by atoms with Gasteiger partial charge in [0.2, 0.25) is 15.9 Å². The maximum atomic E-state index is 11.9. The Hall–Kier alpha value is -1.93. The molecule has 0 heterocycles. The van der Waals surface area contributed by atoms with E-state index in [1.807, 2.05) is 0 Å². The van der Waals surface area contributed by atoms with Gasteiger partial charge >= 0.3 is 5.97 Å². The van der Waals surface area contributed by atoms with Crippen molar-refractivity contribution in [2.24, 2.45) is 0 Å². The van der Waals surface area contributed by atoms with Crippen molar-refractivity contribution in [1.82, 2.24) is 9.62 Å². The van der Waals surface area contributed by atoms with Crippen LogP contribution in [0.1, 0.15) is 5.56 Å². The Morgan fingerprint density at radius 1 is 1.20 bits per heavy atom. The van der Waals surface area contributed by atoms with E-state index in [-0.39, 0.29) is 23.8 Å². The van der Waals surface area contributed by atoms with Gasteiger partial charge in [0.25, 0.3) is 0 Å². The maximum absolute atomic E-state index is 11.9. The van der Waals surface area contributed by atoms with Gasteiger partial charge in [-0.25, -0.2) is 13.1 Å². The first-order valence-electron chi connectivity index (χ1n) is 5.73. The summed E-state index contributed by atoms with van der Waals surface area (Å²) >= 11 is 0. The van der Waals surface area contributed by atoms with Crippen LogP contribution in [0.15, 0.2) is 29.2 Å². The summed E-state index contributed by atoms with van der Waals surface area (Å²) in [7, 11) is -0.729. The Kier molecular flexibility index (Phi) is 5.23. The lowest BCUT2D eigenvalue weighted by atomic mass is 10.2. The fourth-order valence-corrected chi connectivity index (χ4v) is 2.33. The minimum atomic E-state index is -3.78. The predicted molar refractivity (Wildman–Crippen MR) is 71.7 cm³/mol. The Morgan fingerprint density at radius 3 is 2.20 bits per heavy atom. The van der Waals surface area contributed by atoms with Crippen molar-refractivity contribution in [2.45, 2.75) is 11.3 Å². The summed E-state index contributed by atoms with van der Waals surface area (Å²) in [6.07, 6.45) is -0.174. The Bertz CT molecular complexity index is 593. The standard InChI is InChI=1S/C12H16N2O5S/c1-14(2)11(15)8-13-20(18,19)10-5-3-9(4-6-10)7-12(16)17/h3-6,13H,7-8H2,1-2H3,(H,16,17). The smallest absolute Gasteiger partial charge is 0.307 e. The number of aliphatic carboxylic acids is 1. The van der Waals surface area contributed by atoms with Gasteiger partial charge in [0.1, 0.15) is 0 Å². The van der Waals surface area contributed by atoms with Gasteiger partial charge in [-0.05, 0) is 17.7 Å². The van der Waals surface area contributed by atoms with Crippen LogP contribution in [0.3, 0.4) is 0 Å². The number of amides is 1. The van der Waals surface area contributed by atoms with Gasteiger partial charge < -0.3 is 10.0 Å². The summed E-state index contributed by atoms with van der Waals surface area (Å²) in [5.41, 5.74) is 0.501. The van der Waals surface area contributed by atoms with Crippen molar-refractivity contribution in [3.63, 3.8) is 0 Å². The third-order valence-electron chi connectivity index (χ3n) is 2.50. The molecule has 0 aliphatic rings. The molecule has 1 amide bonds. The zero-order valence-corrected chi connectivity index (χ0v) is 12.0. The summed E-state index contributed by atoms with van der Waals surface area (Å²) in [4.78, 5) is 23.1. The molecule has 2 N–H and O–H groups in total. The number of nitrogens with one attached hydrogen (secondary N) is 1. The summed E-state index contributed by atoms with van der Waals surface area (Å²) in [6.45, 7) is -0.327. The number of carbonyl (C=O) groups excluding carboxylic acids is 1. The van der Waals surface area contributed by atoms with Crippen LogP contribution in [-0.2, 0) is 26.0 Å². The molecular formula is C12H16N2O5S. The fourth-order valence-electron chi connectivity index (χ4n) is 1.36. The van der Waals surface area contributed by atoms with Crippen molar-refractivity contribution >= 4 is 21.9 Å². The van der Waals surface area contributed by atoms with Crippen LogP contribution in [-0.4, -0.2) is 50.9 Å². The number of carboxylic acid groups (broad SMARTS) is 1. The van der Waals surface area contributed by atoms with Crippen LogP contribution in [0, 0.1) is 0 Å². The molecule has 0 unspecified atom stereocenters. The quantitative estimate of drug-likeness (QED) is 0.749.